The summed E-state index contributed by atoms with van der Waals surface area (Å²) in [7, 11) is 0. The second-order valence-corrected chi connectivity index (χ2v) is 6.32. The van der Waals surface area contributed by atoms with Gasteiger partial charge < -0.3 is 5.32 Å². The molecule has 2 aromatic rings. The molecule has 0 atom stereocenters. The Morgan fingerprint density at radius 3 is 2.40 bits per heavy atom. The molecule has 20 heavy (non-hydrogen) atoms. The molecule has 0 amide bonds. The number of nitrogens with one attached hydrogen (secondary N) is 1. The third-order valence-electron chi connectivity index (χ3n) is 4.23. The van der Waals surface area contributed by atoms with Crippen molar-refractivity contribution in [3.05, 3.63) is 64.2 Å². The molecule has 0 spiro atoms. The zero-order chi connectivity index (χ0) is 14.1. The lowest BCUT2D eigenvalue weighted by Gasteiger charge is -2.37. The van der Waals surface area contributed by atoms with E-state index < -0.39 is 0 Å². The van der Waals surface area contributed by atoms with E-state index in [1.54, 1.807) is 0 Å². The van der Waals surface area contributed by atoms with Crippen LogP contribution in [0.1, 0.15) is 35.4 Å². The molecule has 0 aromatic heterocycles. The van der Waals surface area contributed by atoms with Gasteiger partial charge in [-0.2, -0.15) is 0 Å². The highest BCUT2D eigenvalue weighted by Crippen LogP contribution is 2.39. The fourth-order valence-corrected chi connectivity index (χ4v) is 2.98. The Morgan fingerprint density at radius 2 is 1.70 bits per heavy atom. The zero-order valence-corrected chi connectivity index (χ0v) is 12.7. The van der Waals surface area contributed by atoms with Crippen LogP contribution in [0.3, 0.4) is 0 Å². The summed E-state index contributed by atoms with van der Waals surface area (Å²) in [5, 5.41) is 4.49. The van der Waals surface area contributed by atoms with Crippen molar-refractivity contribution >= 4 is 17.3 Å². The maximum absolute atomic E-state index is 5.93. The summed E-state index contributed by atoms with van der Waals surface area (Å²) < 4.78 is 0. The quantitative estimate of drug-likeness (QED) is 0.805. The molecule has 1 saturated carbocycles. The normalized spacial score (nSPS) is 21.4. The van der Waals surface area contributed by atoms with E-state index in [1.165, 1.54) is 35.2 Å². The molecule has 0 bridgehead atoms. The Kier molecular flexibility index (Phi) is 3.71. The summed E-state index contributed by atoms with van der Waals surface area (Å²) >= 11 is 5.93. The molecule has 1 fully saturated rings. The summed E-state index contributed by atoms with van der Waals surface area (Å²) in [6.45, 7) is 4.30. The van der Waals surface area contributed by atoms with Gasteiger partial charge in [0.1, 0.15) is 0 Å². The molecule has 104 valence electrons. The second kappa shape index (κ2) is 5.49. The predicted octanol–water partition coefficient (Wildman–Crippen LogP) is 5.31. The molecule has 1 aliphatic rings. The van der Waals surface area contributed by atoms with Crippen molar-refractivity contribution in [1.82, 2.24) is 0 Å². The maximum Gasteiger partial charge on any atom is 0.0406 e. The fraction of sp³-hybridized carbons (Fsp3) is 0.333. The van der Waals surface area contributed by atoms with Gasteiger partial charge in [-0.15, -0.1) is 0 Å². The lowest BCUT2D eigenvalue weighted by atomic mass is 9.76. The van der Waals surface area contributed by atoms with Crippen LogP contribution < -0.4 is 5.32 Å². The largest absolute Gasteiger partial charge is 0.382 e. The Hall–Kier alpha value is -1.47. The van der Waals surface area contributed by atoms with Gasteiger partial charge in [0.15, 0.2) is 0 Å². The van der Waals surface area contributed by atoms with Crippen molar-refractivity contribution < 1.29 is 0 Å². The number of hydrogen-bond donors (Lipinski definition) is 1. The molecule has 2 heteroatoms. The van der Waals surface area contributed by atoms with Crippen LogP contribution >= 0.6 is 11.6 Å². The highest BCUT2D eigenvalue weighted by atomic mass is 35.5. The van der Waals surface area contributed by atoms with Crippen molar-refractivity contribution in [2.45, 2.75) is 38.6 Å². The van der Waals surface area contributed by atoms with Gasteiger partial charge in [0.05, 0.1) is 0 Å². The van der Waals surface area contributed by atoms with E-state index in [2.05, 4.69) is 49.5 Å². The number of benzene rings is 2. The van der Waals surface area contributed by atoms with Crippen LogP contribution in [0.4, 0.5) is 5.69 Å². The monoisotopic (exact) mass is 285 g/mol. The molecule has 0 radical (unpaired) electrons. The summed E-state index contributed by atoms with van der Waals surface area (Å²) in [6, 6.07) is 15.5. The Bertz CT molecular complexity index is 597. The zero-order valence-electron chi connectivity index (χ0n) is 12.0. The standard InChI is InChI=1S/C18H20ClN/c1-12-3-4-13(2)18(9-12)20-17-10-15(11-17)14-5-7-16(19)8-6-14/h3-9,15,17,20H,10-11H2,1-2H3. The fourth-order valence-electron chi connectivity index (χ4n) is 2.85. The number of hydrogen-bond acceptors (Lipinski definition) is 1. The molecule has 1 nitrogen and oxygen atoms in total. The van der Waals surface area contributed by atoms with Gasteiger partial charge in [-0.3, -0.25) is 0 Å². The van der Waals surface area contributed by atoms with Crippen molar-refractivity contribution in [2.24, 2.45) is 0 Å². The van der Waals surface area contributed by atoms with E-state index in [1.807, 2.05) is 12.1 Å². The van der Waals surface area contributed by atoms with Crippen molar-refractivity contribution in [3.63, 3.8) is 0 Å². The highest BCUT2D eigenvalue weighted by Gasteiger charge is 2.30. The topological polar surface area (TPSA) is 12.0 Å². The van der Waals surface area contributed by atoms with Crippen LogP contribution in [0.2, 0.25) is 5.02 Å². The highest BCUT2D eigenvalue weighted by molar-refractivity contribution is 6.30. The molecule has 1 aliphatic carbocycles. The van der Waals surface area contributed by atoms with Gasteiger partial charge in [0.2, 0.25) is 0 Å². The van der Waals surface area contributed by atoms with Crippen LogP contribution in [-0.2, 0) is 0 Å². The third kappa shape index (κ3) is 2.83. The summed E-state index contributed by atoms with van der Waals surface area (Å²) in [6.07, 6.45) is 2.41. The molecule has 0 unspecified atom stereocenters. The van der Waals surface area contributed by atoms with E-state index in [0.29, 0.717) is 12.0 Å². The number of rotatable bonds is 3. The van der Waals surface area contributed by atoms with Gasteiger partial charge >= 0.3 is 0 Å². The van der Waals surface area contributed by atoms with Gasteiger partial charge in [-0.05, 0) is 67.5 Å². The third-order valence-corrected chi connectivity index (χ3v) is 4.48. The average molecular weight is 286 g/mol. The summed E-state index contributed by atoms with van der Waals surface area (Å²) in [5.74, 6) is 0.676. The van der Waals surface area contributed by atoms with Crippen molar-refractivity contribution in [1.29, 1.82) is 0 Å². The second-order valence-electron chi connectivity index (χ2n) is 5.88. The first-order valence-electron chi connectivity index (χ1n) is 7.21. The summed E-state index contributed by atoms with van der Waals surface area (Å²) in [5.41, 5.74) is 5.33. The Morgan fingerprint density at radius 1 is 1.00 bits per heavy atom. The van der Waals surface area contributed by atoms with E-state index in [4.69, 9.17) is 11.6 Å². The molecule has 2 aromatic carbocycles. The average Bonchev–Trinajstić information content (AvgIpc) is 2.39. The van der Waals surface area contributed by atoms with Crippen molar-refractivity contribution in [3.8, 4) is 0 Å². The lowest BCUT2D eigenvalue weighted by Crippen LogP contribution is -2.34. The predicted molar refractivity (Wildman–Crippen MR) is 86.8 cm³/mol. The molecule has 0 saturated heterocycles. The van der Waals surface area contributed by atoms with E-state index in [9.17, 15) is 0 Å². The first-order valence-corrected chi connectivity index (χ1v) is 7.59. The SMILES string of the molecule is Cc1ccc(C)c(NC2CC(c3ccc(Cl)cc3)C2)c1. The van der Waals surface area contributed by atoms with E-state index in [0.717, 1.165) is 5.02 Å². The van der Waals surface area contributed by atoms with E-state index >= 15 is 0 Å². The molecule has 0 heterocycles. The van der Waals surface area contributed by atoms with Gasteiger partial charge in [-0.25, -0.2) is 0 Å². The van der Waals surface area contributed by atoms with Crippen molar-refractivity contribution in [2.75, 3.05) is 5.32 Å². The lowest BCUT2D eigenvalue weighted by molar-refractivity contribution is 0.374. The van der Waals surface area contributed by atoms with Crippen LogP contribution in [0.5, 0.6) is 0 Å². The maximum atomic E-state index is 5.93. The van der Waals surface area contributed by atoms with Crippen LogP contribution in [0.15, 0.2) is 42.5 Å². The number of aryl methyl sites for hydroxylation is 2. The summed E-state index contributed by atoms with van der Waals surface area (Å²) in [4.78, 5) is 0. The minimum Gasteiger partial charge on any atom is -0.382 e. The van der Waals surface area contributed by atoms with Gasteiger partial charge in [0, 0.05) is 16.8 Å². The Balaban J connectivity index is 1.60. The van der Waals surface area contributed by atoms with E-state index in [-0.39, 0.29) is 0 Å². The molecule has 1 N–H and O–H groups in total. The first kappa shape index (κ1) is 13.5. The first-order chi connectivity index (χ1) is 9.61. The number of halogens is 1. The minimum absolute atomic E-state index is 0.594. The van der Waals surface area contributed by atoms with Crippen LogP contribution in [-0.4, -0.2) is 6.04 Å². The van der Waals surface area contributed by atoms with Gasteiger partial charge in [-0.1, -0.05) is 35.9 Å². The molecule has 0 aliphatic heterocycles. The molecule has 3 rings (SSSR count). The smallest absolute Gasteiger partial charge is 0.0406 e. The van der Waals surface area contributed by atoms with Crippen LogP contribution in [0, 0.1) is 13.8 Å². The molecular formula is C18H20ClN. The van der Waals surface area contributed by atoms with Gasteiger partial charge in [0.25, 0.3) is 0 Å². The Labute approximate surface area is 126 Å². The number of anilines is 1. The molecular weight excluding hydrogens is 266 g/mol. The van der Waals surface area contributed by atoms with Crippen LogP contribution in [0.25, 0.3) is 0 Å². The minimum atomic E-state index is 0.594.